The number of esters is 2. The molecule has 0 radical (unpaired) electrons. The molecule has 2 amide bonds. The number of nitrogens with zero attached hydrogens (tertiary/aromatic N) is 1. The molecule has 0 unspecified atom stereocenters. The van der Waals surface area contributed by atoms with E-state index in [1.807, 2.05) is 0 Å². The number of hydrogen-bond acceptors (Lipinski definition) is 9. The summed E-state index contributed by atoms with van der Waals surface area (Å²) in [5, 5.41) is 0. The van der Waals surface area contributed by atoms with Crippen LogP contribution in [0, 0.1) is 11.8 Å². The number of anilines is 1. The first-order valence-electron chi connectivity index (χ1n) is 12.4. The fourth-order valence-electron chi connectivity index (χ4n) is 5.93. The summed E-state index contributed by atoms with van der Waals surface area (Å²) in [6.45, 7) is 0. The lowest BCUT2D eigenvalue weighted by molar-refractivity contribution is -0.127. The number of benzene rings is 3. The van der Waals surface area contributed by atoms with Gasteiger partial charge in [-0.05, 0) is 23.8 Å². The van der Waals surface area contributed by atoms with Crippen molar-refractivity contribution in [3.05, 3.63) is 101 Å². The van der Waals surface area contributed by atoms with Gasteiger partial charge in [-0.15, -0.1) is 0 Å². The van der Waals surface area contributed by atoms with Crippen molar-refractivity contribution in [3.8, 4) is 0 Å². The van der Waals surface area contributed by atoms with Crippen LogP contribution in [0.1, 0.15) is 53.1 Å². The number of carbonyl (C=O) groups excluding carboxylic acids is 6. The number of imide groups is 1. The third-order valence-corrected chi connectivity index (χ3v) is 7.67. The van der Waals surface area contributed by atoms with Gasteiger partial charge in [0.1, 0.15) is 0 Å². The van der Waals surface area contributed by atoms with Crippen molar-refractivity contribution < 1.29 is 43.0 Å². The summed E-state index contributed by atoms with van der Waals surface area (Å²) in [6, 6.07) is 18.4. The van der Waals surface area contributed by atoms with Crippen molar-refractivity contribution in [1.29, 1.82) is 0 Å². The van der Waals surface area contributed by atoms with E-state index in [1.54, 1.807) is 42.5 Å². The first-order chi connectivity index (χ1) is 19.2. The lowest BCUT2D eigenvalue weighted by Gasteiger charge is -2.27. The van der Waals surface area contributed by atoms with Gasteiger partial charge in [-0.1, -0.05) is 54.6 Å². The fraction of sp³-hybridized carbons (Fsp3) is 0.200. The molecule has 3 aromatic carbocycles. The number of carbonyl (C=O) groups is 6. The summed E-state index contributed by atoms with van der Waals surface area (Å²) in [6.07, 6.45) is -1.10. The van der Waals surface area contributed by atoms with Crippen molar-refractivity contribution >= 4 is 41.0 Å². The highest BCUT2D eigenvalue weighted by molar-refractivity contribution is 6.37. The molecule has 0 aromatic heterocycles. The van der Waals surface area contributed by atoms with Crippen LogP contribution in [-0.4, -0.2) is 55.1 Å². The van der Waals surface area contributed by atoms with E-state index in [0.29, 0.717) is 5.56 Å². The monoisotopic (exact) mass is 539 g/mol. The first-order valence-corrected chi connectivity index (χ1v) is 12.4. The molecule has 3 atom stereocenters. The number of Topliss-reactive ketones (excluding diaryl/α,β-unsaturated/α-hetero) is 2. The lowest BCUT2D eigenvalue weighted by Crippen LogP contribution is -2.51. The molecule has 40 heavy (non-hydrogen) atoms. The summed E-state index contributed by atoms with van der Waals surface area (Å²) in [5.74, 6) is -7.33. The topological polar surface area (TPSA) is 133 Å². The maximum atomic E-state index is 14.2. The van der Waals surface area contributed by atoms with Gasteiger partial charge in [0.05, 0.1) is 49.0 Å². The number of methoxy groups -OCH3 is 2. The minimum atomic E-state index is -2.25. The maximum Gasteiger partial charge on any atom is 0.337 e. The molecule has 0 N–H and O–H groups in total. The van der Waals surface area contributed by atoms with Gasteiger partial charge >= 0.3 is 11.9 Å². The summed E-state index contributed by atoms with van der Waals surface area (Å²) in [4.78, 5) is 81.5. The fourth-order valence-corrected chi connectivity index (χ4v) is 5.93. The van der Waals surface area contributed by atoms with Gasteiger partial charge in [0, 0.05) is 11.1 Å². The summed E-state index contributed by atoms with van der Waals surface area (Å²) >= 11 is 0. The average molecular weight is 539 g/mol. The number of rotatable bonds is 4. The molecule has 0 saturated carbocycles. The second-order valence-corrected chi connectivity index (χ2v) is 9.66. The van der Waals surface area contributed by atoms with Crippen LogP contribution in [0.3, 0.4) is 0 Å². The van der Waals surface area contributed by atoms with Gasteiger partial charge in [-0.3, -0.25) is 19.2 Å². The predicted molar refractivity (Wildman–Crippen MR) is 137 cm³/mol. The first kappa shape index (κ1) is 25.3. The number of hydrogen-bond donors (Lipinski definition) is 0. The van der Waals surface area contributed by atoms with Gasteiger partial charge in [0.15, 0.2) is 0 Å². The third kappa shape index (κ3) is 3.32. The molecule has 6 rings (SSSR count). The Bertz CT molecular complexity index is 1570. The van der Waals surface area contributed by atoms with Crippen LogP contribution >= 0.6 is 0 Å². The summed E-state index contributed by atoms with van der Waals surface area (Å²) in [5.41, 5.74) is -1.84. The van der Waals surface area contributed by atoms with Crippen LogP contribution in [0.25, 0.3) is 0 Å². The molecule has 2 fully saturated rings. The SMILES string of the molecule is COC(=O)c1cc(C(=O)OC)cc(N2C(=O)[C@H]3[C@@H](C2=O)C2(O[C@H]3c3ccccc3)C(=O)c3ccccc3C2=O)c1. The molecular weight excluding hydrogens is 518 g/mol. The van der Waals surface area contributed by atoms with E-state index in [1.165, 1.54) is 30.3 Å². The van der Waals surface area contributed by atoms with Crippen molar-refractivity contribution in [2.24, 2.45) is 11.8 Å². The normalized spacial score (nSPS) is 22.4. The molecule has 3 aliphatic rings. The van der Waals surface area contributed by atoms with Crippen LogP contribution in [0.15, 0.2) is 72.8 Å². The van der Waals surface area contributed by atoms with Gasteiger partial charge in [-0.2, -0.15) is 0 Å². The van der Waals surface area contributed by atoms with Crippen LogP contribution in [0.5, 0.6) is 0 Å². The predicted octanol–water partition coefficient (Wildman–Crippen LogP) is 2.95. The standard InChI is InChI=1S/C30H21NO9/c1-38-28(36)16-12-17(29(37)39-2)14-18(13-16)31-26(34)21-22(27(31)35)30(40-23(21)15-8-4-3-5-9-15)24(32)19-10-6-7-11-20(19)25(30)33/h3-14,21-23H,1-2H3/t21-,22-,23-/m0/s1. The largest absolute Gasteiger partial charge is 0.465 e. The molecule has 1 aliphatic carbocycles. The zero-order valence-electron chi connectivity index (χ0n) is 21.3. The Morgan fingerprint density at radius 2 is 1.27 bits per heavy atom. The molecule has 0 bridgehead atoms. The van der Waals surface area contributed by atoms with Crippen LogP contribution < -0.4 is 4.90 Å². The quantitative estimate of drug-likeness (QED) is 0.279. The van der Waals surface area contributed by atoms with E-state index in [9.17, 15) is 28.8 Å². The Labute approximate surface area is 227 Å². The molecule has 200 valence electrons. The molecule has 3 aromatic rings. The van der Waals surface area contributed by atoms with Crippen molar-refractivity contribution in [2.45, 2.75) is 11.7 Å². The molecule has 10 nitrogen and oxygen atoms in total. The number of ether oxygens (including phenoxy) is 3. The van der Waals surface area contributed by atoms with Crippen LogP contribution in [0.4, 0.5) is 5.69 Å². The van der Waals surface area contributed by atoms with Crippen LogP contribution in [0.2, 0.25) is 0 Å². The molecule has 10 heteroatoms. The van der Waals surface area contributed by atoms with E-state index in [-0.39, 0.29) is 27.9 Å². The van der Waals surface area contributed by atoms with Gasteiger partial charge in [-0.25, -0.2) is 14.5 Å². The van der Waals surface area contributed by atoms with E-state index in [4.69, 9.17) is 14.2 Å². The molecular formula is C30H21NO9. The van der Waals surface area contributed by atoms with Gasteiger partial charge < -0.3 is 14.2 Å². The Kier molecular flexibility index (Phi) is 5.74. The van der Waals surface area contributed by atoms with Crippen molar-refractivity contribution in [1.82, 2.24) is 0 Å². The second-order valence-electron chi connectivity index (χ2n) is 9.66. The van der Waals surface area contributed by atoms with Gasteiger partial charge in [0.25, 0.3) is 0 Å². The number of amides is 2. The summed E-state index contributed by atoms with van der Waals surface area (Å²) in [7, 11) is 2.29. The minimum absolute atomic E-state index is 0.106. The zero-order chi connectivity index (χ0) is 28.3. The Hall–Kier alpha value is -4.96. The minimum Gasteiger partial charge on any atom is -0.465 e. The lowest BCUT2D eigenvalue weighted by atomic mass is 9.77. The smallest absolute Gasteiger partial charge is 0.337 e. The second kappa shape index (κ2) is 9.06. The Morgan fingerprint density at radius 3 is 1.80 bits per heavy atom. The van der Waals surface area contributed by atoms with E-state index in [0.717, 1.165) is 19.1 Å². The molecule has 2 aliphatic heterocycles. The van der Waals surface area contributed by atoms with Crippen molar-refractivity contribution in [3.63, 3.8) is 0 Å². The highest BCUT2D eigenvalue weighted by Crippen LogP contribution is 2.57. The molecule has 2 heterocycles. The average Bonchev–Trinajstić information content (AvgIpc) is 3.56. The Balaban J connectivity index is 1.54. The maximum absolute atomic E-state index is 14.2. The molecule has 1 spiro atoms. The summed E-state index contributed by atoms with van der Waals surface area (Å²) < 4.78 is 15.8. The third-order valence-electron chi connectivity index (χ3n) is 7.67. The van der Waals surface area contributed by atoms with Crippen LogP contribution in [-0.2, 0) is 23.8 Å². The number of fused-ring (bicyclic) bond motifs is 3. The van der Waals surface area contributed by atoms with E-state index >= 15 is 0 Å². The van der Waals surface area contributed by atoms with E-state index < -0.39 is 58.9 Å². The highest BCUT2D eigenvalue weighted by atomic mass is 16.5. The Morgan fingerprint density at radius 1 is 0.750 bits per heavy atom. The highest BCUT2D eigenvalue weighted by Gasteiger charge is 2.74. The van der Waals surface area contributed by atoms with Gasteiger partial charge in [0.2, 0.25) is 29.0 Å². The van der Waals surface area contributed by atoms with E-state index in [2.05, 4.69) is 0 Å². The number of ketones is 2. The van der Waals surface area contributed by atoms with Crippen molar-refractivity contribution in [2.75, 3.05) is 19.1 Å². The molecule has 2 saturated heterocycles. The zero-order valence-corrected chi connectivity index (χ0v) is 21.3.